The zero-order chi connectivity index (χ0) is 9.90. The maximum atomic E-state index is 2.24. The molecular formula is C14H18. The number of rotatable bonds is 0. The van der Waals surface area contributed by atoms with E-state index < -0.39 is 0 Å². The first kappa shape index (κ1) is 10.8. The molecule has 14 heavy (non-hydrogen) atoms. The maximum Gasteiger partial charge on any atom is -0.0163 e. The second-order valence-corrected chi connectivity index (χ2v) is 3.23. The monoisotopic (exact) mass is 186 g/mol. The molecule has 1 aliphatic carbocycles. The van der Waals surface area contributed by atoms with E-state index in [4.69, 9.17) is 0 Å². The van der Waals surface area contributed by atoms with Crippen molar-refractivity contribution in [2.24, 2.45) is 0 Å². The van der Waals surface area contributed by atoms with E-state index >= 15 is 0 Å². The molecule has 0 fully saturated rings. The molecule has 0 atom stereocenters. The third kappa shape index (κ3) is 6.24. The fraction of sp³-hybridized carbons (Fsp3) is 0.286. The fourth-order valence-corrected chi connectivity index (χ4v) is 1.21. The van der Waals surface area contributed by atoms with Crippen LogP contribution < -0.4 is 0 Å². The quantitative estimate of drug-likeness (QED) is 0.494. The molecule has 0 aromatic rings. The molecule has 1 aliphatic rings. The van der Waals surface area contributed by atoms with Crippen LogP contribution in [0.1, 0.15) is 25.7 Å². The van der Waals surface area contributed by atoms with Crippen molar-refractivity contribution in [1.29, 1.82) is 0 Å². The molecule has 0 heterocycles. The van der Waals surface area contributed by atoms with Crippen LogP contribution in [0, 0.1) is 0 Å². The van der Waals surface area contributed by atoms with E-state index in [0.29, 0.717) is 0 Å². The molecule has 0 saturated heterocycles. The first-order valence-electron chi connectivity index (χ1n) is 5.28. The van der Waals surface area contributed by atoms with Crippen molar-refractivity contribution in [3.05, 3.63) is 60.8 Å². The topological polar surface area (TPSA) is 0 Å². The molecule has 0 unspecified atom stereocenters. The highest BCUT2D eigenvalue weighted by atomic mass is 13.8. The van der Waals surface area contributed by atoms with Gasteiger partial charge in [-0.2, -0.15) is 0 Å². The van der Waals surface area contributed by atoms with Gasteiger partial charge in [0, 0.05) is 0 Å². The van der Waals surface area contributed by atoms with Gasteiger partial charge in [-0.25, -0.2) is 0 Å². The smallest absolute Gasteiger partial charge is 0.0163 e. The van der Waals surface area contributed by atoms with Gasteiger partial charge >= 0.3 is 0 Å². The number of hydrogen-bond donors (Lipinski definition) is 0. The highest BCUT2D eigenvalue weighted by molar-refractivity contribution is 5.10. The van der Waals surface area contributed by atoms with Crippen molar-refractivity contribution < 1.29 is 0 Å². The van der Waals surface area contributed by atoms with Gasteiger partial charge in [0.2, 0.25) is 0 Å². The highest BCUT2D eigenvalue weighted by Crippen LogP contribution is 1.97. The van der Waals surface area contributed by atoms with E-state index in [9.17, 15) is 0 Å². The molecule has 0 amide bonds. The van der Waals surface area contributed by atoms with Crippen LogP contribution in [0.3, 0.4) is 0 Å². The molecule has 0 aliphatic heterocycles. The summed E-state index contributed by atoms with van der Waals surface area (Å²) < 4.78 is 0. The van der Waals surface area contributed by atoms with Crippen LogP contribution in [0.2, 0.25) is 0 Å². The van der Waals surface area contributed by atoms with Gasteiger partial charge in [-0.15, -0.1) is 0 Å². The highest BCUT2D eigenvalue weighted by Gasteiger charge is 1.76. The Labute approximate surface area is 87.0 Å². The van der Waals surface area contributed by atoms with Crippen molar-refractivity contribution in [1.82, 2.24) is 0 Å². The van der Waals surface area contributed by atoms with E-state index in [-0.39, 0.29) is 0 Å². The molecule has 0 nitrogen and oxygen atoms in total. The normalized spacial score (nSPS) is 27.4. The van der Waals surface area contributed by atoms with Crippen molar-refractivity contribution >= 4 is 0 Å². The van der Waals surface area contributed by atoms with Crippen molar-refractivity contribution in [3.63, 3.8) is 0 Å². The minimum atomic E-state index is 1.02. The van der Waals surface area contributed by atoms with Crippen molar-refractivity contribution in [3.8, 4) is 0 Å². The van der Waals surface area contributed by atoms with Crippen molar-refractivity contribution in [2.75, 3.05) is 0 Å². The van der Waals surface area contributed by atoms with Crippen LogP contribution in [-0.2, 0) is 0 Å². The van der Waals surface area contributed by atoms with Gasteiger partial charge in [0.1, 0.15) is 0 Å². The zero-order valence-corrected chi connectivity index (χ0v) is 8.60. The molecule has 1 rings (SSSR count). The van der Waals surface area contributed by atoms with Crippen LogP contribution >= 0.6 is 0 Å². The molecular weight excluding hydrogens is 168 g/mol. The Morgan fingerprint density at radius 3 is 1.64 bits per heavy atom. The van der Waals surface area contributed by atoms with E-state index in [1.807, 2.05) is 0 Å². The SMILES string of the molecule is C1=CCC/C=C/C=C/C/C=C\C=C\C1. The third-order valence-corrected chi connectivity index (χ3v) is 1.98. The van der Waals surface area contributed by atoms with Gasteiger partial charge in [0.25, 0.3) is 0 Å². The average Bonchev–Trinajstić information content (AvgIpc) is 2.22. The van der Waals surface area contributed by atoms with Crippen LogP contribution in [0.4, 0.5) is 0 Å². The van der Waals surface area contributed by atoms with E-state index in [0.717, 1.165) is 25.7 Å². The van der Waals surface area contributed by atoms with E-state index in [1.165, 1.54) is 0 Å². The standard InChI is InChI=1S/C14H18/c1-2-4-6-8-10-12-14-13-11-9-7-5-3-1/h1-4,7-11,13H,5-6,12,14H2/b3-1-,4-2+,9-7+,10-8?,13-11+. The first-order valence-corrected chi connectivity index (χ1v) is 5.28. The Kier molecular flexibility index (Phi) is 6.39. The summed E-state index contributed by atoms with van der Waals surface area (Å²) in [6.45, 7) is 0. The summed E-state index contributed by atoms with van der Waals surface area (Å²) in [7, 11) is 0. The summed E-state index contributed by atoms with van der Waals surface area (Å²) in [5, 5.41) is 0. The summed E-state index contributed by atoms with van der Waals surface area (Å²) in [4.78, 5) is 0. The number of allylic oxidation sites excluding steroid dienone is 10. The minimum Gasteiger partial charge on any atom is -0.0879 e. The third-order valence-electron chi connectivity index (χ3n) is 1.98. The number of hydrogen-bond acceptors (Lipinski definition) is 0. The lowest BCUT2D eigenvalue weighted by atomic mass is 10.2. The Balaban J connectivity index is 2.45. The summed E-state index contributed by atoms with van der Waals surface area (Å²) in [5.74, 6) is 0. The molecule has 0 aromatic carbocycles. The van der Waals surface area contributed by atoms with Gasteiger partial charge in [-0.3, -0.25) is 0 Å². The van der Waals surface area contributed by atoms with E-state index in [2.05, 4.69) is 60.8 Å². The Morgan fingerprint density at radius 1 is 0.429 bits per heavy atom. The molecule has 0 aromatic heterocycles. The molecule has 0 heteroatoms. The van der Waals surface area contributed by atoms with Gasteiger partial charge in [0.15, 0.2) is 0 Å². The predicted molar refractivity (Wildman–Crippen MR) is 64.2 cm³/mol. The lowest BCUT2D eigenvalue weighted by Gasteiger charge is -1.87. The fourth-order valence-electron chi connectivity index (χ4n) is 1.21. The van der Waals surface area contributed by atoms with Crippen LogP contribution in [0.15, 0.2) is 60.8 Å². The van der Waals surface area contributed by atoms with E-state index in [1.54, 1.807) is 0 Å². The summed E-state index contributed by atoms with van der Waals surface area (Å²) in [5.41, 5.74) is 0. The van der Waals surface area contributed by atoms with Gasteiger partial charge in [0.05, 0.1) is 0 Å². The molecule has 0 radical (unpaired) electrons. The lowest BCUT2D eigenvalue weighted by molar-refractivity contribution is 1.04. The van der Waals surface area contributed by atoms with Crippen LogP contribution in [-0.4, -0.2) is 0 Å². The van der Waals surface area contributed by atoms with Crippen LogP contribution in [0.5, 0.6) is 0 Å². The minimum absolute atomic E-state index is 1.02. The maximum absolute atomic E-state index is 2.24. The van der Waals surface area contributed by atoms with Crippen LogP contribution in [0.25, 0.3) is 0 Å². The van der Waals surface area contributed by atoms with Gasteiger partial charge < -0.3 is 0 Å². The lowest BCUT2D eigenvalue weighted by Crippen LogP contribution is -1.66. The van der Waals surface area contributed by atoms with Gasteiger partial charge in [-0.05, 0) is 25.7 Å². The van der Waals surface area contributed by atoms with Crippen molar-refractivity contribution in [2.45, 2.75) is 25.7 Å². The Hall–Kier alpha value is -1.30. The summed E-state index contributed by atoms with van der Waals surface area (Å²) in [6.07, 6.45) is 26.0. The molecule has 0 bridgehead atoms. The average molecular weight is 186 g/mol. The molecule has 0 N–H and O–H groups in total. The summed E-state index contributed by atoms with van der Waals surface area (Å²) in [6, 6.07) is 0. The predicted octanol–water partition coefficient (Wildman–Crippen LogP) is 4.34. The van der Waals surface area contributed by atoms with Gasteiger partial charge in [-0.1, -0.05) is 60.8 Å². The molecule has 0 spiro atoms. The second kappa shape index (κ2) is 8.31. The Bertz CT molecular complexity index is 262. The first-order chi connectivity index (χ1) is 7.00. The molecule has 0 saturated carbocycles. The molecule has 74 valence electrons. The second-order valence-electron chi connectivity index (χ2n) is 3.23. The zero-order valence-electron chi connectivity index (χ0n) is 8.60. The summed E-state index contributed by atoms with van der Waals surface area (Å²) >= 11 is 0. The largest absolute Gasteiger partial charge is 0.0879 e. The Morgan fingerprint density at radius 2 is 0.929 bits per heavy atom.